The molecule has 0 aliphatic carbocycles. The second kappa shape index (κ2) is 14.7. The largest absolute Gasteiger partial charge is 0.512 e. The molecule has 1 aromatic heterocycles. The zero-order valence-corrected chi connectivity index (χ0v) is 30.4. The molecule has 3 aromatic carbocycles. The molecular weight excluding hydrogens is 723 g/mol. The fraction of sp³-hybridized carbons (Fsp3) is 0.368. The Bertz CT molecular complexity index is 1600. The van der Waals surface area contributed by atoms with E-state index in [2.05, 4.69) is 93.8 Å². The average molecular weight is 769 g/mol. The number of aryl methyl sites for hydroxylation is 2. The van der Waals surface area contributed by atoms with E-state index in [4.69, 9.17) is 4.98 Å². The number of hydrogen-bond acceptors (Lipinski definition) is 3. The monoisotopic (exact) mass is 769 g/mol. The third-order valence-electron chi connectivity index (χ3n) is 8.95. The molecule has 2 heterocycles. The van der Waals surface area contributed by atoms with Crippen molar-refractivity contribution >= 4 is 35.0 Å². The number of pyridine rings is 1. The molecule has 5 rings (SSSR count). The van der Waals surface area contributed by atoms with Crippen LogP contribution in [0, 0.1) is 31.7 Å². The van der Waals surface area contributed by atoms with Gasteiger partial charge in [-0.15, -0.1) is 34.9 Å². The molecule has 0 unspecified atom stereocenters. The Morgan fingerprint density at radius 1 is 0.907 bits per heavy atom. The molecule has 0 fully saturated rings. The van der Waals surface area contributed by atoms with Gasteiger partial charge in [0.2, 0.25) is 0 Å². The number of ketones is 1. The van der Waals surface area contributed by atoms with Crippen molar-refractivity contribution in [2.45, 2.75) is 80.3 Å². The summed E-state index contributed by atoms with van der Waals surface area (Å²) in [5.74, 6) is 0.547. The molecule has 4 aromatic rings. The number of benzene rings is 3. The fourth-order valence-corrected chi connectivity index (χ4v) is 9.29. The van der Waals surface area contributed by atoms with Gasteiger partial charge >= 0.3 is 0 Å². The number of carbonyl (C=O) groups excluding carboxylic acids is 1. The van der Waals surface area contributed by atoms with Crippen molar-refractivity contribution in [1.82, 2.24) is 4.98 Å². The van der Waals surface area contributed by atoms with Gasteiger partial charge in [0.15, 0.2) is 5.78 Å². The Kier molecular flexibility index (Phi) is 11.9. The van der Waals surface area contributed by atoms with Crippen LogP contribution < -0.4 is 10.4 Å². The molecule has 43 heavy (non-hydrogen) atoms. The van der Waals surface area contributed by atoms with Gasteiger partial charge in [-0.2, -0.15) is 0 Å². The van der Waals surface area contributed by atoms with Gasteiger partial charge in [-0.25, -0.2) is 0 Å². The predicted molar refractivity (Wildman–Crippen MR) is 182 cm³/mol. The summed E-state index contributed by atoms with van der Waals surface area (Å²) in [4.78, 5) is 16.6. The number of aromatic nitrogens is 1. The number of rotatable bonds is 8. The summed E-state index contributed by atoms with van der Waals surface area (Å²) >= 11 is 0. The minimum Gasteiger partial charge on any atom is -0.512 e. The molecule has 0 amide bonds. The molecule has 229 valence electrons. The third kappa shape index (κ3) is 7.28. The van der Waals surface area contributed by atoms with Gasteiger partial charge < -0.3 is 10.1 Å². The van der Waals surface area contributed by atoms with Crippen molar-refractivity contribution < 1.29 is 30.0 Å². The first-order valence-electron chi connectivity index (χ1n) is 15.5. The Morgan fingerprint density at radius 3 is 2.19 bits per heavy atom. The molecule has 0 saturated heterocycles. The minimum atomic E-state index is -1.72. The van der Waals surface area contributed by atoms with Crippen molar-refractivity contribution in [2.24, 2.45) is 11.8 Å². The Morgan fingerprint density at radius 2 is 1.56 bits per heavy atom. The molecule has 1 N–H and O–H groups in total. The number of allylic oxidation sites excluding steroid dienone is 2. The molecule has 1 aliphatic rings. The van der Waals surface area contributed by atoms with Crippen LogP contribution in [-0.4, -0.2) is 23.9 Å². The predicted octanol–water partition coefficient (Wildman–Crippen LogP) is 8.99. The van der Waals surface area contributed by atoms with E-state index in [1.165, 1.54) is 43.9 Å². The van der Waals surface area contributed by atoms with Gasteiger partial charge in [0.05, 0.1) is 5.76 Å². The Hall–Kier alpha value is -2.85. The SMILES string of the molecule is CCC(CC)C(=O)/C=C(\O)C(CC)CC.Cc1[c-]c(-c2cc3c(cn2)[Si](C)(C)c2ccc4ccccc4c2-3)cc(C)c1.[Ir]. The van der Waals surface area contributed by atoms with Crippen molar-refractivity contribution in [3.63, 3.8) is 0 Å². The molecule has 0 spiro atoms. The standard InChI is InChI=1S/C25H22NSi.C13H24O2.Ir/c1-16-11-17(2)13-19(12-16)22-14-21-24(15-26-22)27(3,4)23-10-9-18-7-5-6-8-20(18)25(21)23;1-5-10(6-2)12(14)9-13(15)11(7-3)8-4;/h5-12,14-15H,1-4H3;9-11,14H,5-8H2,1-4H3;/q-1;;/b;12-9-;. The van der Waals surface area contributed by atoms with Crippen LogP contribution in [0.1, 0.15) is 64.5 Å². The maximum absolute atomic E-state index is 11.7. The molecule has 1 aliphatic heterocycles. The Balaban J connectivity index is 0.000000274. The van der Waals surface area contributed by atoms with E-state index in [-0.39, 0.29) is 43.5 Å². The van der Waals surface area contributed by atoms with Crippen LogP contribution in [0.15, 0.2) is 72.6 Å². The molecule has 3 nitrogen and oxygen atoms in total. The van der Waals surface area contributed by atoms with E-state index in [0.717, 1.165) is 42.5 Å². The van der Waals surface area contributed by atoms with Crippen molar-refractivity contribution in [2.75, 3.05) is 0 Å². The molecule has 0 bridgehead atoms. The number of nitrogens with zero attached hydrogens (tertiary/aromatic N) is 1. The normalized spacial score (nSPS) is 13.3. The van der Waals surface area contributed by atoms with Crippen molar-refractivity contribution in [3.05, 3.63) is 89.8 Å². The van der Waals surface area contributed by atoms with Crippen LogP contribution >= 0.6 is 0 Å². The summed E-state index contributed by atoms with van der Waals surface area (Å²) < 4.78 is 0. The first kappa shape index (κ1) is 34.6. The van der Waals surface area contributed by atoms with E-state index in [1.54, 1.807) is 0 Å². The summed E-state index contributed by atoms with van der Waals surface area (Å²) in [6.07, 6.45) is 7.04. The van der Waals surface area contributed by atoms with E-state index >= 15 is 0 Å². The zero-order chi connectivity index (χ0) is 30.6. The van der Waals surface area contributed by atoms with Crippen LogP contribution in [0.25, 0.3) is 33.2 Å². The van der Waals surface area contributed by atoms with Gasteiger partial charge in [-0.3, -0.25) is 4.79 Å². The molecule has 0 saturated carbocycles. The number of aliphatic hydroxyl groups is 1. The Labute approximate surface area is 273 Å². The van der Waals surface area contributed by atoms with Crippen LogP contribution in [0.3, 0.4) is 0 Å². The molecule has 5 heteroatoms. The maximum atomic E-state index is 11.7. The van der Waals surface area contributed by atoms with E-state index in [0.29, 0.717) is 0 Å². The van der Waals surface area contributed by atoms with Crippen molar-refractivity contribution in [1.29, 1.82) is 0 Å². The van der Waals surface area contributed by atoms with Crippen LogP contribution in [0.5, 0.6) is 0 Å². The van der Waals surface area contributed by atoms with Gasteiger partial charge in [0.1, 0.15) is 8.07 Å². The summed E-state index contributed by atoms with van der Waals surface area (Å²) in [7, 11) is -1.72. The van der Waals surface area contributed by atoms with Gasteiger partial charge in [-0.1, -0.05) is 97.1 Å². The van der Waals surface area contributed by atoms with E-state index in [1.807, 2.05) is 27.7 Å². The fourth-order valence-electron chi connectivity index (χ4n) is 6.35. The molecule has 1 radical (unpaired) electrons. The van der Waals surface area contributed by atoms with Crippen LogP contribution in [-0.2, 0) is 24.9 Å². The molecule has 0 atom stereocenters. The second-order valence-corrected chi connectivity index (χ2v) is 16.5. The maximum Gasteiger partial charge on any atom is 0.162 e. The summed E-state index contributed by atoms with van der Waals surface area (Å²) in [6, 6.07) is 23.5. The summed E-state index contributed by atoms with van der Waals surface area (Å²) in [5.41, 5.74) is 7.32. The second-order valence-electron chi connectivity index (χ2n) is 12.2. The average Bonchev–Trinajstić information content (AvgIpc) is 3.20. The number of aliphatic hydroxyl groups excluding tert-OH is 1. The third-order valence-corrected chi connectivity index (χ3v) is 12.5. The van der Waals surface area contributed by atoms with Gasteiger partial charge in [-0.05, 0) is 63.7 Å². The zero-order valence-electron chi connectivity index (χ0n) is 27.0. The first-order chi connectivity index (χ1) is 20.0. The summed E-state index contributed by atoms with van der Waals surface area (Å²) in [5, 5.41) is 15.4. The van der Waals surface area contributed by atoms with Crippen molar-refractivity contribution in [3.8, 4) is 22.4 Å². The smallest absolute Gasteiger partial charge is 0.162 e. The number of fused-ring (bicyclic) bond motifs is 5. The summed E-state index contributed by atoms with van der Waals surface area (Å²) in [6.45, 7) is 17.2. The van der Waals surface area contributed by atoms with Crippen LogP contribution in [0.4, 0.5) is 0 Å². The van der Waals surface area contributed by atoms with Gasteiger partial charge in [0.25, 0.3) is 0 Å². The van der Waals surface area contributed by atoms with Gasteiger partial charge in [0, 0.05) is 44.2 Å². The minimum absolute atomic E-state index is 0. The number of hydrogen-bond donors (Lipinski definition) is 1. The quantitative estimate of drug-likeness (QED) is 0.0844. The number of carbonyl (C=O) groups is 1. The molecular formula is C38H46IrNO2Si-. The first-order valence-corrected chi connectivity index (χ1v) is 18.5. The van der Waals surface area contributed by atoms with Crippen LogP contribution in [0.2, 0.25) is 13.1 Å². The van der Waals surface area contributed by atoms with E-state index in [9.17, 15) is 9.90 Å². The van der Waals surface area contributed by atoms with E-state index < -0.39 is 8.07 Å². The topological polar surface area (TPSA) is 50.2 Å².